The third-order valence-corrected chi connectivity index (χ3v) is 3.22. The number of thiazole rings is 1. The van der Waals surface area contributed by atoms with Gasteiger partial charge in [0.1, 0.15) is 11.6 Å². The molecule has 0 saturated carbocycles. The molecule has 0 aliphatic heterocycles. The number of alkyl halides is 3. The van der Waals surface area contributed by atoms with Crippen molar-refractivity contribution >= 4 is 27.6 Å². The number of halogens is 3. The van der Waals surface area contributed by atoms with Gasteiger partial charge in [-0.05, 0) is 12.1 Å². The number of benzene rings is 1. The molecule has 19 heavy (non-hydrogen) atoms. The fourth-order valence-electron chi connectivity index (χ4n) is 1.39. The normalized spacial score (nSPS) is 11.5. The van der Waals surface area contributed by atoms with Gasteiger partial charge in [-0.3, -0.25) is 0 Å². The van der Waals surface area contributed by atoms with Crippen LogP contribution >= 0.6 is 11.3 Å². The van der Waals surface area contributed by atoms with Crippen molar-refractivity contribution in [2.24, 2.45) is 0 Å². The summed E-state index contributed by atoms with van der Waals surface area (Å²) >= 11 is 1.39. The third-order valence-electron chi connectivity index (χ3n) is 2.19. The van der Waals surface area contributed by atoms with Crippen molar-refractivity contribution in [1.82, 2.24) is 15.6 Å². The van der Waals surface area contributed by atoms with Gasteiger partial charge in [-0.25, -0.2) is 9.78 Å². The molecule has 1 heterocycles. The second-order valence-corrected chi connectivity index (χ2v) is 4.84. The molecule has 8 heteroatoms. The van der Waals surface area contributed by atoms with E-state index in [1.165, 1.54) is 11.3 Å². The van der Waals surface area contributed by atoms with Crippen molar-refractivity contribution in [2.45, 2.75) is 12.7 Å². The molecule has 1 aromatic carbocycles. The molecule has 0 fully saturated rings. The number of nitrogens with zero attached hydrogens (tertiary/aromatic N) is 1. The highest BCUT2D eigenvalue weighted by Crippen LogP contribution is 2.21. The Balaban J connectivity index is 1.86. The Morgan fingerprint density at radius 3 is 2.68 bits per heavy atom. The monoisotopic (exact) mass is 289 g/mol. The van der Waals surface area contributed by atoms with Crippen LogP contribution in [0.4, 0.5) is 18.0 Å². The van der Waals surface area contributed by atoms with Gasteiger partial charge >= 0.3 is 12.2 Å². The second kappa shape index (κ2) is 5.43. The molecule has 0 radical (unpaired) electrons. The first kappa shape index (κ1) is 13.6. The lowest BCUT2D eigenvalue weighted by Crippen LogP contribution is -2.40. The van der Waals surface area contributed by atoms with Gasteiger partial charge in [0.2, 0.25) is 0 Å². The highest BCUT2D eigenvalue weighted by Gasteiger charge is 2.27. The molecule has 0 saturated heterocycles. The van der Waals surface area contributed by atoms with Crippen LogP contribution < -0.4 is 10.6 Å². The zero-order chi connectivity index (χ0) is 13.9. The van der Waals surface area contributed by atoms with Crippen LogP contribution in [0.25, 0.3) is 10.2 Å². The Bertz CT molecular complexity index is 549. The molecule has 0 unspecified atom stereocenters. The number of nitrogens with one attached hydrogen (secondary N) is 2. The lowest BCUT2D eigenvalue weighted by atomic mass is 10.3. The summed E-state index contributed by atoms with van der Waals surface area (Å²) in [4.78, 5) is 15.4. The average Bonchev–Trinajstić information content (AvgIpc) is 2.75. The molecule has 2 N–H and O–H groups in total. The predicted molar refractivity (Wildman–Crippen MR) is 65.9 cm³/mol. The SMILES string of the molecule is O=C(NCc1nc2ccccc2s1)NCC(F)(F)F. The van der Waals surface area contributed by atoms with Crippen LogP contribution in [0.15, 0.2) is 24.3 Å². The van der Waals surface area contributed by atoms with Crippen molar-refractivity contribution in [3.63, 3.8) is 0 Å². The maximum atomic E-state index is 11.9. The molecule has 102 valence electrons. The van der Waals surface area contributed by atoms with Gasteiger partial charge in [0, 0.05) is 0 Å². The maximum Gasteiger partial charge on any atom is 0.405 e. The number of hydrogen-bond donors (Lipinski definition) is 2. The summed E-state index contributed by atoms with van der Waals surface area (Å²) in [6.45, 7) is -1.25. The number of hydrogen-bond acceptors (Lipinski definition) is 3. The number of aromatic nitrogens is 1. The number of fused-ring (bicyclic) bond motifs is 1. The molecule has 0 spiro atoms. The summed E-state index contributed by atoms with van der Waals surface area (Å²) in [6.07, 6.45) is -4.41. The zero-order valence-electron chi connectivity index (χ0n) is 9.62. The van der Waals surface area contributed by atoms with Gasteiger partial charge in [-0.15, -0.1) is 11.3 Å². The first-order valence-electron chi connectivity index (χ1n) is 5.37. The largest absolute Gasteiger partial charge is 0.405 e. The number of carbonyl (C=O) groups excluding carboxylic acids is 1. The average molecular weight is 289 g/mol. The minimum atomic E-state index is -4.41. The Hall–Kier alpha value is -1.83. The fraction of sp³-hybridized carbons (Fsp3) is 0.273. The highest BCUT2D eigenvalue weighted by molar-refractivity contribution is 7.18. The fourth-order valence-corrected chi connectivity index (χ4v) is 2.30. The number of para-hydroxylation sites is 1. The molecule has 0 atom stereocenters. The molecule has 2 aromatic rings. The van der Waals surface area contributed by atoms with E-state index in [0.29, 0.717) is 5.01 Å². The van der Waals surface area contributed by atoms with Gasteiger partial charge in [0.25, 0.3) is 0 Å². The zero-order valence-corrected chi connectivity index (χ0v) is 10.4. The molecule has 1 aromatic heterocycles. The maximum absolute atomic E-state index is 11.9. The molecule has 0 aliphatic carbocycles. The van der Waals surface area contributed by atoms with Crippen molar-refractivity contribution in [3.8, 4) is 0 Å². The quantitative estimate of drug-likeness (QED) is 0.912. The van der Waals surface area contributed by atoms with E-state index in [4.69, 9.17) is 0 Å². The molecule has 2 amide bonds. The number of amides is 2. The van der Waals surface area contributed by atoms with Crippen LogP contribution in [0.5, 0.6) is 0 Å². The summed E-state index contributed by atoms with van der Waals surface area (Å²) in [5, 5.41) is 4.70. The Labute approximate surface area is 110 Å². The summed E-state index contributed by atoms with van der Waals surface area (Å²) in [7, 11) is 0. The molecule has 0 bridgehead atoms. The first-order chi connectivity index (χ1) is 8.94. The minimum absolute atomic E-state index is 0.100. The number of urea groups is 1. The van der Waals surface area contributed by atoms with E-state index in [-0.39, 0.29) is 6.54 Å². The van der Waals surface area contributed by atoms with Crippen LogP contribution in [-0.2, 0) is 6.54 Å². The summed E-state index contributed by atoms with van der Waals surface area (Å²) in [5.41, 5.74) is 0.806. The van der Waals surface area contributed by atoms with E-state index in [1.807, 2.05) is 24.3 Å². The van der Waals surface area contributed by atoms with Crippen LogP contribution in [0.1, 0.15) is 5.01 Å². The van der Waals surface area contributed by atoms with E-state index in [2.05, 4.69) is 10.3 Å². The van der Waals surface area contributed by atoms with Crippen LogP contribution in [0, 0.1) is 0 Å². The lowest BCUT2D eigenvalue weighted by Gasteiger charge is -2.08. The Morgan fingerprint density at radius 1 is 1.26 bits per heavy atom. The molecule has 4 nitrogen and oxygen atoms in total. The molecule has 2 rings (SSSR count). The topological polar surface area (TPSA) is 54.0 Å². The Kier molecular flexibility index (Phi) is 3.89. The van der Waals surface area contributed by atoms with Gasteiger partial charge in [0.05, 0.1) is 16.8 Å². The van der Waals surface area contributed by atoms with Crippen LogP contribution in [-0.4, -0.2) is 23.7 Å². The van der Waals surface area contributed by atoms with Crippen molar-refractivity contribution in [2.75, 3.05) is 6.54 Å². The first-order valence-corrected chi connectivity index (χ1v) is 6.18. The second-order valence-electron chi connectivity index (χ2n) is 3.73. The molecule has 0 aliphatic rings. The Morgan fingerprint density at radius 2 is 2.00 bits per heavy atom. The van der Waals surface area contributed by atoms with E-state index >= 15 is 0 Å². The standard InChI is InChI=1S/C11H10F3N3OS/c12-11(13,14)6-16-10(18)15-5-9-17-7-3-1-2-4-8(7)19-9/h1-4H,5-6H2,(H2,15,16,18). The summed E-state index contributed by atoms with van der Waals surface area (Å²) < 4.78 is 36.6. The third kappa shape index (κ3) is 4.09. The number of rotatable bonds is 3. The van der Waals surface area contributed by atoms with E-state index < -0.39 is 18.8 Å². The van der Waals surface area contributed by atoms with Gasteiger partial charge < -0.3 is 10.6 Å². The smallest absolute Gasteiger partial charge is 0.332 e. The highest BCUT2D eigenvalue weighted by atomic mass is 32.1. The van der Waals surface area contributed by atoms with Gasteiger partial charge in [-0.1, -0.05) is 12.1 Å². The van der Waals surface area contributed by atoms with E-state index in [1.54, 1.807) is 5.32 Å². The molecular formula is C11H10F3N3OS. The predicted octanol–water partition coefficient (Wildman–Crippen LogP) is 2.66. The van der Waals surface area contributed by atoms with Crippen molar-refractivity contribution in [3.05, 3.63) is 29.3 Å². The van der Waals surface area contributed by atoms with Crippen molar-refractivity contribution in [1.29, 1.82) is 0 Å². The molecular weight excluding hydrogens is 279 g/mol. The summed E-state index contributed by atoms with van der Waals surface area (Å²) in [6, 6.07) is 6.57. The minimum Gasteiger partial charge on any atom is -0.332 e. The van der Waals surface area contributed by atoms with Gasteiger partial charge in [-0.2, -0.15) is 13.2 Å². The van der Waals surface area contributed by atoms with Gasteiger partial charge in [0.15, 0.2) is 0 Å². The number of carbonyl (C=O) groups is 1. The van der Waals surface area contributed by atoms with E-state index in [0.717, 1.165) is 10.2 Å². The van der Waals surface area contributed by atoms with E-state index in [9.17, 15) is 18.0 Å². The summed E-state index contributed by atoms with van der Waals surface area (Å²) in [5.74, 6) is 0. The lowest BCUT2D eigenvalue weighted by molar-refractivity contribution is -0.122. The van der Waals surface area contributed by atoms with Crippen LogP contribution in [0.3, 0.4) is 0 Å². The van der Waals surface area contributed by atoms with Crippen LogP contribution in [0.2, 0.25) is 0 Å². The van der Waals surface area contributed by atoms with Crippen molar-refractivity contribution < 1.29 is 18.0 Å².